The number of amides is 1. The monoisotopic (exact) mass is 364 g/mol. The number of ether oxygens (including phenoxy) is 1. The van der Waals surface area contributed by atoms with Gasteiger partial charge in [-0.3, -0.25) is 4.79 Å². The van der Waals surface area contributed by atoms with Crippen LogP contribution in [0.15, 0.2) is 48.5 Å². The molecule has 2 aromatic rings. The third kappa shape index (κ3) is 4.13. The Bertz CT molecular complexity index is 716. The van der Waals surface area contributed by atoms with Gasteiger partial charge in [-0.25, -0.2) is 0 Å². The number of hydrogen-bond acceptors (Lipinski definition) is 3. The molecule has 24 heavy (non-hydrogen) atoms. The van der Waals surface area contributed by atoms with E-state index in [1.165, 1.54) is 0 Å². The minimum atomic E-state index is -0.0272. The highest BCUT2D eigenvalue weighted by Gasteiger charge is 2.21. The van der Waals surface area contributed by atoms with Gasteiger partial charge in [0.15, 0.2) is 6.61 Å². The molecule has 0 aliphatic carbocycles. The Balaban J connectivity index is 1.51. The second-order valence-electron chi connectivity index (χ2n) is 5.57. The Kier molecular flexibility index (Phi) is 5.48. The number of piperazine rings is 1. The largest absolute Gasteiger partial charge is 0.482 e. The zero-order valence-electron chi connectivity index (χ0n) is 13.1. The molecule has 1 amide bonds. The third-order valence-corrected chi connectivity index (χ3v) is 4.54. The van der Waals surface area contributed by atoms with Crippen molar-refractivity contribution < 1.29 is 9.53 Å². The average molecular weight is 365 g/mol. The minimum absolute atomic E-state index is 0.000891. The van der Waals surface area contributed by atoms with Gasteiger partial charge in [0.1, 0.15) is 5.75 Å². The van der Waals surface area contributed by atoms with Crippen molar-refractivity contribution in [2.75, 3.05) is 37.7 Å². The normalized spacial score (nSPS) is 14.6. The number of nitrogens with zero attached hydrogens (tertiary/aromatic N) is 2. The lowest BCUT2D eigenvalue weighted by molar-refractivity contribution is -0.133. The molecule has 0 spiro atoms. The van der Waals surface area contributed by atoms with Crippen LogP contribution in [0.4, 0.5) is 5.69 Å². The van der Waals surface area contributed by atoms with Crippen molar-refractivity contribution in [1.82, 2.24) is 4.90 Å². The van der Waals surface area contributed by atoms with E-state index >= 15 is 0 Å². The van der Waals surface area contributed by atoms with Gasteiger partial charge in [-0.15, -0.1) is 0 Å². The van der Waals surface area contributed by atoms with Gasteiger partial charge >= 0.3 is 0 Å². The smallest absolute Gasteiger partial charge is 0.260 e. The second-order valence-corrected chi connectivity index (χ2v) is 6.41. The standard InChI is InChI=1S/C18H18Cl2N2O2/c19-14-4-3-5-15(12-14)21-8-10-22(11-9-21)18(23)13-24-17-7-2-1-6-16(17)20/h1-7,12H,8-11,13H2. The highest BCUT2D eigenvalue weighted by molar-refractivity contribution is 6.32. The van der Waals surface area contributed by atoms with Crippen LogP contribution in [0.1, 0.15) is 0 Å². The van der Waals surface area contributed by atoms with E-state index in [0.29, 0.717) is 23.9 Å². The first-order chi connectivity index (χ1) is 11.6. The highest BCUT2D eigenvalue weighted by atomic mass is 35.5. The van der Waals surface area contributed by atoms with Crippen LogP contribution in [0, 0.1) is 0 Å². The van der Waals surface area contributed by atoms with Crippen LogP contribution in [0.3, 0.4) is 0 Å². The molecule has 0 radical (unpaired) electrons. The van der Waals surface area contributed by atoms with E-state index in [-0.39, 0.29) is 12.5 Å². The fraction of sp³-hybridized carbons (Fsp3) is 0.278. The summed E-state index contributed by atoms with van der Waals surface area (Å²) in [6, 6.07) is 14.9. The van der Waals surface area contributed by atoms with Crippen LogP contribution in [0.25, 0.3) is 0 Å². The zero-order valence-corrected chi connectivity index (χ0v) is 14.6. The maximum Gasteiger partial charge on any atom is 0.260 e. The summed E-state index contributed by atoms with van der Waals surface area (Å²) in [6.07, 6.45) is 0. The molecule has 0 unspecified atom stereocenters. The molecule has 3 rings (SSSR count). The van der Waals surface area contributed by atoms with E-state index in [0.717, 1.165) is 23.8 Å². The predicted molar refractivity (Wildman–Crippen MR) is 97.2 cm³/mol. The number of carbonyl (C=O) groups excluding carboxylic acids is 1. The van der Waals surface area contributed by atoms with Gasteiger partial charge in [0.25, 0.3) is 5.91 Å². The van der Waals surface area contributed by atoms with Crippen LogP contribution in [-0.4, -0.2) is 43.6 Å². The van der Waals surface area contributed by atoms with Crippen molar-refractivity contribution in [3.63, 3.8) is 0 Å². The summed E-state index contributed by atoms with van der Waals surface area (Å²) in [7, 11) is 0. The lowest BCUT2D eigenvalue weighted by atomic mass is 10.2. The molecule has 6 heteroatoms. The molecule has 0 saturated carbocycles. The summed E-state index contributed by atoms with van der Waals surface area (Å²) >= 11 is 12.1. The number of benzene rings is 2. The van der Waals surface area contributed by atoms with Crippen LogP contribution in [0.5, 0.6) is 5.75 Å². The van der Waals surface area contributed by atoms with Crippen molar-refractivity contribution in [1.29, 1.82) is 0 Å². The summed E-state index contributed by atoms with van der Waals surface area (Å²) in [5, 5.41) is 1.23. The van der Waals surface area contributed by atoms with Gasteiger partial charge in [-0.2, -0.15) is 0 Å². The quantitative estimate of drug-likeness (QED) is 0.828. The molecule has 1 aliphatic heterocycles. The van der Waals surface area contributed by atoms with Crippen molar-refractivity contribution in [2.24, 2.45) is 0 Å². The topological polar surface area (TPSA) is 32.8 Å². The second kappa shape index (κ2) is 7.77. The number of rotatable bonds is 4. The fourth-order valence-electron chi connectivity index (χ4n) is 2.68. The van der Waals surface area contributed by atoms with Crippen molar-refractivity contribution in [2.45, 2.75) is 0 Å². The third-order valence-electron chi connectivity index (χ3n) is 3.99. The Labute approximate surface area is 151 Å². The molecule has 0 aromatic heterocycles. The van der Waals surface area contributed by atoms with Gasteiger partial charge in [0.05, 0.1) is 5.02 Å². The first-order valence-electron chi connectivity index (χ1n) is 7.79. The maximum absolute atomic E-state index is 12.3. The van der Waals surface area contributed by atoms with Gasteiger partial charge in [0, 0.05) is 36.9 Å². The van der Waals surface area contributed by atoms with Crippen molar-refractivity contribution >= 4 is 34.8 Å². The summed E-state index contributed by atoms with van der Waals surface area (Å²) in [5.41, 5.74) is 1.09. The van der Waals surface area contributed by atoms with E-state index < -0.39 is 0 Å². The minimum Gasteiger partial charge on any atom is -0.482 e. The van der Waals surface area contributed by atoms with E-state index in [2.05, 4.69) is 4.90 Å². The Morgan fingerprint density at radius 3 is 2.46 bits per heavy atom. The van der Waals surface area contributed by atoms with E-state index in [4.69, 9.17) is 27.9 Å². The SMILES string of the molecule is O=C(COc1ccccc1Cl)N1CCN(c2cccc(Cl)c2)CC1. The Hall–Kier alpha value is -1.91. The molecule has 0 bridgehead atoms. The number of para-hydroxylation sites is 1. The fourth-order valence-corrected chi connectivity index (χ4v) is 3.05. The predicted octanol–water partition coefficient (Wildman–Crippen LogP) is 3.72. The molecular formula is C18H18Cl2N2O2. The van der Waals surface area contributed by atoms with Crippen molar-refractivity contribution in [3.05, 3.63) is 58.6 Å². The van der Waals surface area contributed by atoms with Gasteiger partial charge in [-0.05, 0) is 30.3 Å². The van der Waals surface area contributed by atoms with Crippen LogP contribution >= 0.6 is 23.2 Å². The molecule has 126 valence electrons. The molecular weight excluding hydrogens is 347 g/mol. The highest BCUT2D eigenvalue weighted by Crippen LogP contribution is 2.23. The van der Waals surface area contributed by atoms with E-state index in [1.807, 2.05) is 41.3 Å². The van der Waals surface area contributed by atoms with Crippen LogP contribution in [0.2, 0.25) is 10.0 Å². The summed E-state index contributed by atoms with van der Waals surface area (Å²) in [4.78, 5) is 16.3. The summed E-state index contributed by atoms with van der Waals surface area (Å²) in [5.74, 6) is 0.505. The molecule has 4 nitrogen and oxygen atoms in total. The summed E-state index contributed by atoms with van der Waals surface area (Å²) < 4.78 is 5.52. The van der Waals surface area contributed by atoms with Crippen LogP contribution in [-0.2, 0) is 4.79 Å². The van der Waals surface area contributed by atoms with Gasteiger partial charge in [-0.1, -0.05) is 41.4 Å². The lowest BCUT2D eigenvalue weighted by Gasteiger charge is -2.36. The summed E-state index contributed by atoms with van der Waals surface area (Å²) in [6.45, 7) is 2.88. The van der Waals surface area contributed by atoms with Crippen LogP contribution < -0.4 is 9.64 Å². The molecule has 1 fully saturated rings. The maximum atomic E-state index is 12.3. The molecule has 1 heterocycles. The molecule has 1 aliphatic rings. The zero-order chi connectivity index (χ0) is 16.9. The number of carbonyl (C=O) groups is 1. The van der Waals surface area contributed by atoms with E-state index in [1.54, 1.807) is 12.1 Å². The van der Waals surface area contributed by atoms with Gasteiger partial charge < -0.3 is 14.5 Å². The van der Waals surface area contributed by atoms with Crippen molar-refractivity contribution in [3.8, 4) is 5.75 Å². The molecule has 2 aromatic carbocycles. The Morgan fingerprint density at radius 2 is 1.75 bits per heavy atom. The lowest BCUT2D eigenvalue weighted by Crippen LogP contribution is -2.50. The number of anilines is 1. The molecule has 0 N–H and O–H groups in total. The molecule has 1 saturated heterocycles. The van der Waals surface area contributed by atoms with Gasteiger partial charge in [0.2, 0.25) is 0 Å². The number of halogens is 2. The molecule has 0 atom stereocenters. The average Bonchev–Trinajstić information content (AvgIpc) is 2.61. The Morgan fingerprint density at radius 1 is 1.00 bits per heavy atom. The first-order valence-corrected chi connectivity index (χ1v) is 8.55. The number of hydrogen-bond donors (Lipinski definition) is 0. The van der Waals surface area contributed by atoms with E-state index in [9.17, 15) is 4.79 Å². The first kappa shape index (κ1) is 16.9.